The molecule has 0 bridgehead atoms. The van der Waals surface area contributed by atoms with E-state index in [0.717, 1.165) is 5.56 Å². The van der Waals surface area contributed by atoms with E-state index in [-0.39, 0.29) is 11.6 Å². The lowest BCUT2D eigenvalue weighted by atomic mass is 10.2. The summed E-state index contributed by atoms with van der Waals surface area (Å²) in [4.78, 5) is 12.4. The fourth-order valence-corrected chi connectivity index (χ4v) is 4.72. The largest absolute Gasteiger partial charge is 0.494 e. The number of rotatable bonds is 9. The molecule has 0 radical (unpaired) electrons. The highest BCUT2D eigenvalue weighted by atomic mass is 32.2. The van der Waals surface area contributed by atoms with Crippen LogP contribution in [-0.2, 0) is 10.0 Å². The molecule has 12 nitrogen and oxygen atoms in total. The Bertz CT molecular complexity index is 1480. The van der Waals surface area contributed by atoms with E-state index in [1.807, 2.05) is 13.0 Å². The Balaban J connectivity index is 1.83. The number of methoxy groups -OCH3 is 2. The summed E-state index contributed by atoms with van der Waals surface area (Å²) in [5.74, 6) is 0.955. The minimum Gasteiger partial charge on any atom is -0.494 e. The van der Waals surface area contributed by atoms with E-state index < -0.39 is 21.4 Å². The number of nitrogens with zero attached hydrogens (tertiary/aromatic N) is 6. The van der Waals surface area contributed by atoms with Gasteiger partial charge in [0.25, 0.3) is 0 Å². The number of hydrogen-bond donors (Lipinski definition) is 2. The van der Waals surface area contributed by atoms with Crippen molar-refractivity contribution in [3.8, 4) is 28.6 Å². The van der Waals surface area contributed by atoms with E-state index in [1.165, 1.54) is 38.1 Å². The Morgan fingerprint density at radius 2 is 1.70 bits per heavy atom. The average molecular weight is 526 g/mol. The zero-order valence-corrected chi connectivity index (χ0v) is 21.8. The molecule has 0 aliphatic rings. The van der Waals surface area contributed by atoms with Crippen LogP contribution < -0.4 is 14.2 Å². The monoisotopic (exact) mass is 525 g/mol. The summed E-state index contributed by atoms with van der Waals surface area (Å²) in [6.07, 6.45) is 4.64. The number of pyridine rings is 1. The molecule has 0 amide bonds. The van der Waals surface area contributed by atoms with Gasteiger partial charge in [0.1, 0.15) is 28.5 Å². The van der Waals surface area contributed by atoms with Gasteiger partial charge >= 0.3 is 0 Å². The number of aliphatic hydroxyl groups excluding tert-OH is 1. The topological polar surface area (TPSA) is 154 Å². The molecule has 4 rings (SSSR count). The maximum Gasteiger partial charge on any atom is 0.243 e. The lowest BCUT2D eigenvalue weighted by Gasteiger charge is -2.21. The van der Waals surface area contributed by atoms with Crippen LogP contribution in [0.1, 0.15) is 30.0 Å². The first-order valence-electron chi connectivity index (χ1n) is 11.2. The predicted octanol–water partition coefficient (Wildman–Crippen LogP) is 2.62. The van der Waals surface area contributed by atoms with E-state index in [1.54, 1.807) is 37.5 Å². The summed E-state index contributed by atoms with van der Waals surface area (Å²) in [6.45, 7) is 4.98. The van der Waals surface area contributed by atoms with E-state index in [0.29, 0.717) is 34.3 Å². The molecule has 194 valence electrons. The molecule has 37 heavy (non-hydrogen) atoms. The molecule has 0 saturated carbocycles. The number of nitrogens with one attached hydrogen (secondary N) is 1. The summed E-state index contributed by atoms with van der Waals surface area (Å²) >= 11 is 0. The van der Waals surface area contributed by atoms with E-state index in [9.17, 15) is 13.5 Å². The normalized spacial score (nSPS) is 13.1. The van der Waals surface area contributed by atoms with Gasteiger partial charge in [-0.3, -0.25) is 24.2 Å². The molecule has 4 aromatic rings. The molecule has 0 saturated heterocycles. The maximum atomic E-state index is 13.4. The fourth-order valence-electron chi connectivity index (χ4n) is 3.66. The first-order chi connectivity index (χ1) is 17.7. The van der Waals surface area contributed by atoms with Gasteiger partial charge < -0.3 is 14.6 Å². The number of sulfonamides is 1. The maximum absolute atomic E-state index is 13.4. The van der Waals surface area contributed by atoms with Crippen LogP contribution in [0, 0.1) is 13.8 Å². The number of aliphatic hydroxyl groups is 1. The molecule has 0 aliphatic carbocycles. The zero-order valence-electron chi connectivity index (χ0n) is 20.9. The van der Waals surface area contributed by atoms with Gasteiger partial charge in [-0.1, -0.05) is 6.07 Å². The van der Waals surface area contributed by atoms with Crippen LogP contribution in [0.15, 0.2) is 49.1 Å². The number of hydrogen-bond acceptors (Lipinski definition) is 10. The molecule has 3 aromatic heterocycles. The van der Waals surface area contributed by atoms with Crippen LogP contribution in [0.2, 0.25) is 0 Å². The number of aromatic nitrogens is 6. The lowest BCUT2D eigenvalue weighted by Crippen LogP contribution is -2.32. The van der Waals surface area contributed by atoms with Crippen molar-refractivity contribution >= 4 is 16.0 Å². The summed E-state index contributed by atoms with van der Waals surface area (Å²) < 4.78 is 41.9. The molecule has 1 aromatic carbocycles. The average Bonchev–Trinajstić information content (AvgIpc) is 3.29. The van der Waals surface area contributed by atoms with Gasteiger partial charge in [0, 0.05) is 24.2 Å². The van der Waals surface area contributed by atoms with Crippen molar-refractivity contribution in [1.29, 1.82) is 0 Å². The van der Waals surface area contributed by atoms with Gasteiger partial charge in [0.05, 0.1) is 31.8 Å². The van der Waals surface area contributed by atoms with Crippen LogP contribution in [-0.4, -0.2) is 62.7 Å². The molecule has 0 aliphatic heterocycles. The van der Waals surface area contributed by atoms with Crippen LogP contribution in [0.4, 0.5) is 5.95 Å². The van der Waals surface area contributed by atoms with Crippen molar-refractivity contribution in [3.05, 3.63) is 66.0 Å². The third-order valence-corrected chi connectivity index (χ3v) is 7.40. The van der Waals surface area contributed by atoms with Crippen molar-refractivity contribution in [3.63, 3.8) is 0 Å². The molecular formula is C24H27N7O5S. The van der Waals surface area contributed by atoms with E-state index in [2.05, 4.69) is 29.9 Å². The molecule has 2 atom stereocenters. The highest BCUT2D eigenvalue weighted by Gasteiger charge is 2.33. The Labute approximate surface area is 214 Å². The van der Waals surface area contributed by atoms with Gasteiger partial charge in [-0.15, -0.1) is 10.2 Å². The summed E-state index contributed by atoms with van der Waals surface area (Å²) in [5.41, 5.74) is 2.61. The van der Waals surface area contributed by atoms with Crippen molar-refractivity contribution in [2.45, 2.75) is 32.1 Å². The predicted molar refractivity (Wildman–Crippen MR) is 136 cm³/mol. The minimum absolute atomic E-state index is 0.128. The quantitative estimate of drug-likeness (QED) is 0.333. The molecule has 13 heteroatoms. The summed E-state index contributed by atoms with van der Waals surface area (Å²) in [6, 6.07) is 6.99. The fraction of sp³-hybridized carbons (Fsp3) is 0.292. The number of para-hydroxylation sites is 1. The second kappa shape index (κ2) is 10.5. The van der Waals surface area contributed by atoms with Crippen molar-refractivity contribution < 1.29 is 23.0 Å². The molecule has 3 heterocycles. The standard InChI is InChI=1S/C24H27N7O5S/c1-14-9-17(12-25-10-14)23-28-29-24(31(23)21-19(35-4)7-6-8-20(21)36-5)30-37(33,34)16(3)22(32)18-13-26-15(2)11-27-18/h6-13,16,22,32H,1-5H3,(H,29,30)/t16-,22+/m1/s1. The van der Waals surface area contributed by atoms with Gasteiger partial charge in [-0.05, 0) is 44.5 Å². The molecular weight excluding hydrogens is 498 g/mol. The van der Waals surface area contributed by atoms with E-state index in [4.69, 9.17) is 9.47 Å². The van der Waals surface area contributed by atoms with Gasteiger partial charge in [-0.2, -0.15) is 0 Å². The van der Waals surface area contributed by atoms with Crippen LogP contribution in [0.5, 0.6) is 11.5 Å². The number of aryl methyl sites for hydroxylation is 2. The van der Waals surface area contributed by atoms with Crippen molar-refractivity contribution in [2.24, 2.45) is 0 Å². The van der Waals surface area contributed by atoms with Gasteiger partial charge in [-0.25, -0.2) is 8.42 Å². The molecule has 0 unspecified atom stereocenters. The van der Waals surface area contributed by atoms with E-state index >= 15 is 0 Å². The van der Waals surface area contributed by atoms with Crippen molar-refractivity contribution in [1.82, 2.24) is 29.7 Å². The highest BCUT2D eigenvalue weighted by molar-refractivity contribution is 7.93. The number of anilines is 1. The summed E-state index contributed by atoms with van der Waals surface area (Å²) in [7, 11) is -1.23. The summed E-state index contributed by atoms with van der Waals surface area (Å²) in [5, 5.41) is 17.8. The molecule has 0 spiro atoms. The lowest BCUT2D eigenvalue weighted by molar-refractivity contribution is 0.171. The van der Waals surface area contributed by atoms with Crippen molar-refractivity contribution in [2.75, 3.05) is 18.9 Å². The zero-order chi connectivity index (χ0) is 26.7. The SMILES string of the molecule is COc1cccc(OC)c1-n1c(NS(=O)(=O)[C@H](C)[C@H](O)c2cnc(C)cn2)nnc1-c1cncc(C)c1. The third kappa shape index (κ3) is 5.22. The first-order valence-corrected chi connectivity index (χ1v) is 12.8. The Morgan fingerprint density at radius 3 is 2.30 bits per heavy atom. The molecule has 2 N–H and O–H groups in total. The smallest absolute Gasteiger partial charge is 0.243 e. The second-order valence-electron chi connectivity index (χ2n) is 8.32. The minimum atomic E-state index is -4.21. The van der Waals surface area contributed by atoms with Gasteiger partial charge in [0.2, 0.25) is 16.0 Å². The number of benzene rings is 1. The third-order valence-electron chi connectivity index (χ3n) is 5.69. The Morgan fingerprint density at radius 1 is 1.00 bits per heavy atom. The van der Waals surface area contributed by atoms with Crippen LogP contribution in [0.3, 0.4) is 0 Å². The van der Waals surface area contributed by atoms with Crippen LogP contribution >= 0.6 is 0 Å². The van der Waals surface area contributed by atoms with Gasteiger partial charge in [0.15, 0.2) is 5.82 Å². The number of ether oxygens (including phenoxy) is 2. The van der Waals surface area contributed by atoms with Crippen LogP contribution in [0.25, 0.3) is 17.1 Å². The highest BCUT2D eigenvalue weighted by Crippen LogP contribution is 2.38. The Hall–Kier alpha value is -4.10. The second-order valence-corrected chi connectivity index (χ2v) is 10.4. The molecule has 0 fully saturated rings. The first kappa shape index (κ1) is 26.0. The Kier molecular flexibility index (Phi) is 7.36.